The lowest BCUT2D eigenvalue weighted by molar-refractivity contribution is 0.647. The van der Waals surface area contributed by atoms with Gasteiger partial charge in [-0.05, 0) is 19.1 Å². The van der Waals surface area contributed by atoms with E-state index < -0.39 is 5.54 Å². The van der Waals surface area contributed by atoms with Gasteiger partial charge in [-0.1, -0.05) is 29.3 Å². The Morgan fingerprint density at radius 3 is 2.54 bits per heavy atom. The molecule has 68 valence electrons. The molecule has 0 radical (unpaired) electrons. The van der Waals surface area contributed by atoms with Crippen LogP contribution in [0.3, 0.4) is 0 Å². The van der Waals surface area contributed by atoms with Crippen LogP contribution in [0.15, 0.2) is 18.2 Å². The van der Waals surface area contributed by atoms with E-state index in [-0.39, 0.29) is 0 Å². The molecule has 2 N–H and O–H groups in total. The summed E-state index contributed by atoms with van der Waals surface area (Å²) in [6, 6.07) is 6.86. The first-order valence-electron chi connectivity index (χ1n) is 3.63. The molecular weight excluding hydrogens is 207 g/mol. The van der Waals surface area contributed by atoms with E-state index in [1.54, 1.807) is 25.1 Å². The second-order valence-electron chi connectivity index (χ2n) is 2.94. The van der Waals surface area contributed by atoms with Crippen LogP contribution in [0.1, 0.15) is 12.5 Å². The Hall–Kier alpha value is -0.750. The summed E-state index contributed by atoms with van der Waals surface area (Å²) < 4.78 is 0. The van der Waals surface area contributed by atoms with Gasteiger partial charge in [0.2, 0.25) is 0 Å². The number of nitrogens with zero attached hydrogens (tertiary/aromatic N) is 1. The Kier molecular flexibility index (Phi) is 2.82. The Bertz CT molecular complexity index is 366. The van der Waals surface area contributed by atoms with Crippen LogP contribution in [-0.4, -0.2) is 0 Å². The van der Waals surface area contributed by atoms with Crippen molar-refractivity contribution in [3.8, 4) is 6.07 Å². The molecule has 0 spiro atoms. The number of nitriles is 1. The summed E-state index contributed by atoms with van der Waals surface area (Å²) in [7, 11) is 0. The zero-order valence-corrected chi connectivity index (χ0v) is 8.52. The van der Waals surface area contributed by atoms with Gasteiger partial charge in [0.05, 0.1) is 6.07 Å². The third kappa shape index (κ3) is 2.13. The van der Waals surface area contributed by atoms with Gasteiger partial charge < -0.3 is 5.73 Å². The summed E-state index contributed by atoms with van der Waals surface area (Å²) in [4.78, 5) is 0. The Balaban J connectivity index is 3.26. The first-order valence-corrected chi connectivity index (χ1v) is 4.38. The fourth-order valence-corrected chi connectivity index (χ4v) is 1.58. The number of hydrogen-bond donors (Lipinski definition) is 1. The van der Waals surface area contributed by atoms with Crippen LogP contribution < -0.4 is 5.73 Å². The molecule has 0 bridgehead atoms. The zero-order chi connectivity index (χ0) is 10.1. The molecule has 0 aliphatic rings. The van der Waals surface area contributed by atoms with Gasteiger partial charge in [-0.3, -0.25) is 0 Å². The van der Waals surface area contributed by atoms with Gasteiger partial charge in [0.25, 0.3) is 0 Å². The summed E-state index contributed by atoms with van der Waals surface area (Å²) in [5.41, 5.74) is 5.22. The molecule has 0 unspecified atom stereocenters. The number of hydrogen-bond acceptors (Lipinski definition) is 2. The maximum Gasteiger partial charge on any atom is 0.128 e. The smallest absolute Gasteiger partial charge is 0.128 e. The van der Waals surface area contributed by atoms with Gasteiger partial charge in [-0.25, -0.2) is 0 Å². The van der Waals surface area contributed by atoms with Gasteiger partial charge in [0, 0.05) is 15.6 Å². The average molecular weight is 215 g/mol. The molecule has 0 aliphatic heterocycles. The van der Waals surface area contributed by atoms with Crippen molar-refractivity contribution in [3.05, 3.63) is 33.8 Å². The quantitative estimate of drug-likeness (QED) is 0.782. The van der Waals surface area contributed by atoms with Crippen molar-refractivity contribution in [1.29, 1.82) is 5.26 Å². The van der Waals surface area contributed by atoms with E-state index in [1.165, 1.54) is 0 Å². The molecule has 0 amide bonds. The van der Waals surface area contributed by atoms with Crippen molar-refractivity contribution >= 4 is 23.2 Å². The van der Waals surface area contributed by atoms with Crippen molar-refractivity contribution in [2.45, 2.75) is 12.5 Å². The largest absolute Gasteiger partial charge is 0.310 e. The van der Waals surface area contributed by atoms with E-state index in [9.17, 15) is 0 Å². The zero-order valence-electron chi connectivity index (χ0n) is 7.01. The van der Waals surface area contributed by atoms with Crippen molar-refractivity contribution < 1.29 is 0 Å². The minimum atomic E-state index is -1.07. The highest BCUT2D eigenvalue weighted by atomic mass is 35.5. The summed E-state index contributed by atoms with van der Waals surface area (Å²) in [5.74, 6) is 0. The third-order valence-corrected chi connectivity index (χ3v) is 2.27. The molecule has 1 aromatic carbocycles. The molecule has 1 aromatic rings. The van der Waals surface area contributed by atoms with Gasteiger partial charge in [0.15, 0.2) is 0 Å². The van der Waals surface area contributed by atoms with Gasteiger partial charge in [0.1, 0.15) is 5.54 Å². The summed E-state index contributed by atoms with van der Waals surface area (Å²) in [5, 5.41) is 9.72. The fourth-order valence-electron chi connectivity index (χ4n) is 0.971. The molecule has 1 rings (SSSR count). The minimum Gasteiger partial charge on any atom is -0.310 e. The van der Waals surface area contributed by atoms with Crippen LogP contribution in [0.5, 0.6) is 0 Å². The highest BCUT2D eigenvalue weighted by molar-refractivity contribution is 6.35. The van der Waals surface area contributed by atoms with E-state index in [0.717, 1.165) is 0 Å². The maximum atomic E-state index is 8.77. The van der Waals surface area contributed by atoms with Crippen molar-refractivity contribution in [2.75, 3.05) is 0 Å². The predicted octanol–water partition coefficient (Wildman–Crippen LogP) is 2.69. The number of rotatable bonds is 1. The second kappa shape index (κ2) is 3.55. The normalized spacial score (nSPS) is 14.7. The van der Waals surface area contributed by atoms with E-state index in [0.29, 0.717) is 15.6 Å². The first kappa shape index (κ1) is 10.3. The molecule has 4 heteroatoms. The molecule has 0 saturated carbocycles. The molecule has 0 aliphatic carbocycles. The Labute approximate surface area is 86.9 Å². The number of benzene rings is 1. The standard InChI is InChI=1S/C9H8Cl2N2/c1-9(13,5-12)7-3-2-6(10)4-8(7)11/h2-4H,13H2,1H3/t9-/m0/s1. The van der Waals surface area contributed by atoms with Crippen LogP contribution >= 0.6 is 23.2 Å². The molecular formula is C9H8Cl2N2. The molecule has 0 heterocycles. The van der Waals surface area contributed by atoms with Crippen molar-refractivity contribution in [2.24, 2.45) is 5.73 Å². The monoisotopic (exact) mass is 214 g/mol. The average Bonchev–Trinajstić information content (AvgIpc) is 2.03. The minimum absolute atomic E-state index is 0.416. The van der Waals surface area contributed by atoms with Crippen molar-refractivity contribution in [1.82, 2.24) is 0 Å². The fraction of sp³-hybridized carbons (Fsp3) is 0.222. The Morgan fingerprint density at radius 2 is 2.08 bits per heavy atom. The molecule has 0 fully saturated rings. The summed E-state index contributed by atoms with van der Waals surface area (Å²) in [6.07, 6.45) is 0. The van der Waals surface area contributed by atoms with E-state index >= 15 is 0 Å². The molecule has 2 nitrogen and oxygen atoms in total. The third-order valence-electron chi connectivity index (χ3n) is 1.72. The lowest BCUT2D eigenvalue weighted by Crippen LogP contribution is -2.31. The SMILES string of the molecule is C[C@](N)(C#N)c1ccc(Cl)cc1Cl. The Morgan fingerprint density at radius 1 is 1.46 bits per heavy atom. The molecule has 0 saturated heterocycles. The predicted molar refractivity (Wildman–Crippen MR) is 53.6 cm³/mol. The topological polar surface area (TPSA) is 49.8 Å². The molecule has 1 atom stereocenters. The van der Waals surface area contributed by atoms with Gasteiger partial charge in [-0.2, -0.15) is 5.26 Å². The van der Waals surface area contributed by atoms with Crippen LogP contribution in [0.4, 0.5) is 0 Å². The number of nitrogens with two attached hydrogens (primary N) is 1. The van der Waals surface area contributed by atoms with E-state index in [4.69, 9.17) is 34.2 Å². The molecule has 13 heavy (non-hydrogen) atoms. The second-order valence-corrected chi connectivity index (χ2v) is 3.78. The van der Waals surface area contributed by atoms with Gasteiger partial charge >= 0.3 is 0 Å². The van der Waals surface area contributed by atoms with Crippen LogP contribution in [-0.2, 0) is 5.54 Å². The summed E-state index contributed by atoms with van der Waals surface area (Å²) >= 11 is 11.6. The van der Waals surface area contributed by atoms with Crippen LogP contribution in [0.25, 0.3) is 0 Å². The van der Waals surface area contributed by atoms with Crippen molar-refractivity contribution in [3.63, 3.8) is 0 Å². The van der Waals surface area contributed by atoms with E-state index in [1.807, 2.05) is 6.07 Å². The maximum absolute atomic E-state index is 8.77. The highest BCUT2D eigenvalue weighted by Gasteiger charge is 2.23. The lowest BCUT2D eigenvalue weighted by atomic mass is 9.95. The van der Waals surface area contributed by atoms with Crippen LogP contribution in [0, 0.1) is 11.3 Å². The molecule has 0 aromatic heterocycles. The lowest BCUT2D eigenvalue weighted by Gasteiger charge is -2.17. The first-order chi connectivity index (χ1) is 5.97. The van der Waals surface area contributed by atoms with Gasteiger partial charge in [-0.15, -0.1) is 0 Å². The summed E-state index contributed by atoms with van der Waals surface area (Å²) in [6.45, 7) is 1.60. The van der Waals surface area contributed by atoms with Crippen LogP contribution in [0.2, 0.25) is 10.0 Å². The number of halogens is 2. The van der Waals surface area contributed by atoms with E-state index in [2.05, 4.69) is 0 Å². The highest BCUT2D eigenvalue weighted by Crippen LogP contribution is 2.28.